The zero-order valence-electron chi connectivity index (χ0n) is 23.6. The molecule has 0 saturated carbocycles. The number of epoxide rings is 2. The Bertz CT molecular complexity index is 1090. The number of benzene rings is 2. The Morgan fingerprint density at radius 1 is 0.564 bits per heavy atom. The summed E-state index contributed by atoms with van der Waals surface area (Å²) in [5, 5.41) is 1.93. The van der Waals surface area contributed by atoms with Gasteiger partial charge in [0.15, 0.2) is 23.0 Å². The molecule has 0 N–H and O–H groups in total. The lowest BCUT2D eigenvalue weighted by Gasteiger charge is -2.13. The molecule has 2 aromatic carbocycles. The first-order valence-corrected chi connectivity index (χ1v) is 15.0. The number of rotatable bonds is 20. The largest absolute Gasteiger partial charge is 0.490 e. The molecule has 2 atom stereocenters. The van der Waals surface area contributed by atoms with Crippen molar-refractivity contribution in [1.82, 2.24) is 0 Å². The molecule has 3 heterocycles. The van der Waals surface area contributed by atoms with Gasteiger partial charge in [0.1, 0.15) is 36.6 Å². The van der Waals surface area contributed by atoms with Gasteiger partial charge >= 0.3 is 0 Å². The highest BCUT2D eigenvalue weighted by molar-refractivity contribution is 6.07. The van der Waals surface area contributed by atoms with Crippen LogP contribution in [0.25, 0.3) is 21.9 Å². The standard InChI is InChI=1S/C32H44O7/c1-3-5-7-9-11-13-33-31-17-27-25(15-29(31)37-21-23-19-35-23)26-16-30(38-22-24-20-36-24)32(18-28(26)39-27)34-14-12-10-8-6-4-2/h15-18,23-24H,3-14,19-22H2,1-2H3. The van der Waals surface area contributed by atoms with Gasteiger partial charge in [0.2, 0.25) is 0 Å². The Morgan fingerprint density at radius 2 is 0.974 bits per heavy atom. The van der Waals surface area contributed by atoms with Crippen LogP contribution in [0.15, 0.2) is 28.7 Å². The van der Waals surface area contributed by atoms with E-state index in [2.05, 4.69) is 13.8 Å². The predicted molar refractivity (Wildman–Crippen MR) is 153 cm³/mol. The monoisotopic (exact) mass is 540 g/mol. The van der Waals surface area contributed by atoms with Crippen molar-refractivity contribution in [3.8, 4) is 23.0 Å². The van der Waals surface area contributed by atoms with Crippen LogP contribution in [0, 0.1) is 0 Å². The minimum atomic E-state index is 0.162. The first kappa shape index (κ1) is 27.9. The molecule has 0 bridgehead atoms. The van der Waals surface area contributed by atoms with Crippen LogP contribution >= 0.6 is 0 Å². The highest BCUT2D eigenvalue weighted by Gasteiger charge is 2.26. The number of ether oxygens (including phenoxy) is 6. The Kier molecular flexibility index (Phi) is 10.1. The van der Waals surface area contributed by atoms with Gasteiger partial charge in [0.05, 0.1) is 26.4 Å². The Labute approximate surface area is 232 Å². The van der Waals surface area contributed by atoms with E-state index >= 15 is 0 Å². The maximum atomic E-state index is 6.32. The summed E-state index contributed by atoms with van der Waals surface area (Å²) in [6, 6.07) is 7.96. The highest BCUT2D eigenvalue weighted by atomic mass is 16.6. The molecule has 0 radical (unpaired) electrons. The molecule has 7 nitrogen and oxygen atoms in total. The normalized spacial score (nSPS) is 18.0. The van der Waals surface area contributed by atoms with Crippen LogP contribution in [-0.2, 0) is 9.47 Å². The zero-order chi connectivity index (χ0) is 26.9. The van der Waals surface area contributed by atoms with Gasteiger partial charge in [0.25, 0.3) is 0 Å². The fourth-order valence-corrected chi connectivity index (χ4v) is 4.71. The minimum Gasteiger partial charge on any atom is -0.490 e. The molecule has 2 fully saturated rings. The molecular formula is C32H44O7. The molecule has 5 rings (SSSR count). The Hall–Kier alpha value is -2.64. The Morgan fingerprint density at radius 3 is 1.38 bits per heavy atom. The summed E-state index contributed by atoms with van der Waals surface area (Å²) in [7, 11) is 0. The molecule has 1 aromatic heterocycles. The van der Waals surface area contributed by atoms with Crippen LogP contribution in [0.4, 0.5) is 0 Å². The fraction of sp³-hybridized carbons (Fsp3) is 0.625. The van der Waals surface area contributed by atoms with Gasteiger partial charge in [-0.2, -0.15) is 0 Å². The van der Waals surface area contributed by atoms with Crippen LogP contribution in [-0.4, -0.2) is 51.8 Å². The van der Waals surface area contributed by atoms with Crippen molar-refractivity contribution in [2.24, 2.45) is 0 Å². The number of hydrogen-bond acceptors (Lipinski definition) is 7. The van der Waals surface area contributed by atoms with Crippen molar-refractivity contribution in [2.75, 3.05) is 39.6 Å². The summed E-state index contributed by atoms with van der Waals surface area (Å²) in [6.45, 7) is 8.29. The summed E-state index contributed by atoms with van der Waals surface area (Å²) in [4.78, 5) is 0. The van der Waals surface area contributed by atoms with Gasteiger partial charge in [-0.1, -0.05) is 65.2 Å². The zero-order valence-corrected chi connectivity index (χ0v) is 23.6. The van der Waals surface area contributed by atoms with Crippen LogP contribution < -0.4 is 18.9 Å². The maximum Gasteiger partial charge on any atom is 0.164 e. The first-order chi connectivity index (χ1) is 19.2. The van der Waals surface area contributed by atoms with Crippen molar-refractivity contribution in [3.63, 3.8) is 0 Å². The fourth-order valence-electron chi connectivity index (χ4n) is 4.71. The molecule has 2 saturated heterocycles. The lowest BCUT2D eigenvalue weighted by molar-refractivity contribution is 0.239. The molecule has 0 aliphatic carbocycles. The second-order valence-corrected chi connectivity index (χ2v) is 10.8. The van der Waals surface area contributed by atoms with Gasteiger partial charge < -0.3 is 32.8 Å². The molecule has 39 heavy (non-hydrogen) atoms. The van der Waals surface area contributed by atoms with Crippen LogP contribution in [0.2, 0.25) is 0 Å². The van der Waals surface area contributed by atoms with E-state index in [1.807, 2.05) is 24.3 Å². The average Bonchev–Trinajstić information content (AvgIpc) is 3.88. The van der Waals surface area contributed by atoms with E-state index in [4.69, 9.17) is 32.8 Å². The molecule has 0 spiro atoms. The van der Waals surface area contributed by atoms with E-state index in [0.29, 0.717) is 37.9 Å². The molecule has 0 amide bonds. The SMILES string of the molecule is CCCCCCCOc1cc2oc3cc(OCCCCCCC)c(OCC4CO4)cc3c2cc1OCC1CO1. The van der Waals surface area contributed by atoms with Crippen LogP contribution in [0.5, 0.6) is 23.0 Å². The lowest BCUT2D eigenvalue weighted by Crippen LogP contribution is -2.06. The quantitative estimate of drug-likeness (QED) is 0.107. The molecule has 214 valence electrons. The van der Waals surface area contributed by atoms with Crippen molar-refractivity contribution in [3.05, 3.63) is 24.3 Å². The van der Waals surface area contributed by atoms with E-state index in [1.54, 1.807) is 0 Å². The third-order valence-electron chi connectivity index (χ3n) is 7.27. The topological polar surface area (TPSA) is 75.1 Å². The minimum absolute atomic E-state index is 0.162. The average molecular weight is 541 g/mol. The third kappa shape index (κ3) is 8.18. The molecule has 2 aliphatic rings. The summed E-state index contributed by atoms with van der Waals surface area (Å²) in [5.74, 6) is 2.86. The number of furan rings is 1. The third-order valence-corrected chi connectivity index (χ3v) is 7.27. The number of hydrogen-bond donors (Lipinski definition) is 0. The Balaban J connectivity index is 1.36. The van der Waals surface area contributed by atoms with Crippen LogP contribution in [0.1, 0.15) is 78.1 Å². The number of unbranched alkanes of at least 4 members (excludes halogenated alkanes) is 8. The summed E-state index contributed by atoms with van der Waals surface area (Å²) >= 11 is 0. The summed E-state index contributed by atoms with van der Waals surface area (Å²) in [5.41, 5.74) is 1.52. The van der Waals surface area contributed by atoms with Gasteiger partial charge in [-0.05, 0) is 25.0 Å². The lowest BCUT2D eigenvalue weighted by atomic mass is 10.1. The van der Waals surface area contributed by atoms with Gasteiger partial charge in [-0.25, -0.2) is 0 Å². The smallest absolute Gasteiger partial charge is 0.164 e. The number of fused-ring (bicyclic) bond motifs is 3. The van der Waals surface area contributed by atoms with E-state index in [9.17, 15) is 0 Å². The summed E-state index contributed by atoms with van der Waals surface area (Å²) in [6.07, 6.45) is 12.2. The summed E-state index contributed by atoms with van der Waals surface area (Å²) < 4.78 is 41.7. The second kappa shape index (κ2) is 14.1. The van der Waals surface area contributed by atoms with Crippen molar-refractivity contribution in [2.45, 2.75) is 90.3 Å². The van der Waals surface area contributed by atoms with E-state index < -0.39 is 0 Å². The maximum absolute atomic E-state index is 6.32. The van der Waals surface area contributed by atoms with Crippen LogP contribution in [0.3, 0.4) is 0 Å². The van der Waals surface area contributed by atoms with E-state index in [-0.39, 0.29) is 12.2 Å². The first-order valence-electron chi connectivity index (χ1n) is 15.0. The molecule has 3 aromatic rings. The van der Waals surface area contributed by atoms with Crippen molar-refractivity contribution in [1.29, 1.82) is 0 Å². The van der Waals surface area contributed by atoms with Crippen molar-refractivity contribution < 1.29 is 32.8 Å². The molecule has 2 unspecified atom stereocenters. The van der Waals surface area contributed by atoms with Gasteiger partial charge in [-0.3, -0.25) is 0 Å². The predicted octanol–water partition coefficient (Wildman–Crippen LogP) is 7.84. The van der Waals surface area contributed by atoms with Gasteiger partial charge in [0, 0.05) is 22.9 Å². The van der Waals surface area contributed by atoms with E-state index in [1.165, 1.54) is 51.4 Å². The van der Waals surface area contributed by atoms with Gasteiger partial charge in [-0.15, -0.1) is 0 Å². The molecule has 7 heteroatoms. The van der Waals surface area contributed by atoms with E-state index in [0.717, 1.165) is 59.5 Å². The second-order valence-electron chi connectivity index (χ2n) is 10.8. The highest BCUT2D eigenvalue weighted by Crippen LogP contribution is 2.42. The molecule has 2 aliphatic heterocycles. The van der Waals surface area contributed by atoms with Crippen molar-refractivity contribution >= 4 is 21.9 Å². The molecular weight excluding hydrogens is 496 g/mol.